The van der Waals surface area contributed by atoms with Gasteiger partial charge in [0.25, 0.3) is 0 Å². The molecule has 0 atom stereocenters. The van der Waals surface area contributed by atoms with E-state index in [1.54, 1.807) is 24.3 Å². The van der Waals surface area contributed by atoms with Crippen molar-refractivity contribution in [3.8, 4) is 0 Å². The van der Waals surface area contributed by atoms with Gasteiger partial charge < -0.3 is 9.47 Å². The Morgan fingerprint density at radius 1 is 0.610 bits per heavy atom. The Bertz CT molecular complexity index is 1450. The molecule has 1 saturated heterocycles. The van der Waals surface area contributed by atoms with Crippen molar-refractivity contribution in [2.75, 3.05) is 63.3 Å². The highest BCUT2D eigenvalue weighted by Gasteiger charge is 2.34. The van der Waals surface area contributed by atoms with Crippen LogP contribution < -0.4 is 9.80 Å². The fourth-order valence-electron chi connectivity index (χ4n) is 5.72. The van der Waals surface area contributed by atoms with E-state index in [2.05, 4.69) is 0 Å². The maximum absolute atomic E-state index is 13.6. The smallest absolute Gasteiger partial charge is 0.414 e. The normalized spacial score (nSPS) is 18.7. The summed E-state index contributed by atoms with van der Waals surface area (Å²) in [5.41, 5.74) is 2.77. The number of ether oxygens (including phenoxy) is 2. The number of methoxy groups -OCH3 is 2. The molecule has 0 bridgehead atoms. The Labute approximate surface area is 240 Å². The van der Waals surface area contributed by atoms with Crippen LogP contribution >= 0.6 is 0 Å². The lowest BCUT2D eigenvalue weighted by Gasteiger charge is -2.29. The summed E-state index contributed by atoms with van der Waals surface area (Å²) in [6.45, 7) is 1.36. The molecule has 0 N–H and O–H groups in total. The molecule has 3 aliphatic rings. The zero-order valence-electron chi connectivity index (χ0n) is 23.1. The van der Waals surface area contributed by atoms with Gasteiger partial charge in [0.1, 0.15) is 0 Å². The molecule has 14 heteroatoms. The third kappa shape index (κ3) is 5.53. The van der Waals surface area contributed by atoms with E-state index in [9.17, 15) is 26.4 Å². The summed E-state index contributed by atoms with van der Waals surface area (Å²) >= 11 is 0. The van der Waals surface area contributed by atoms with Crippen molar-refractivity contribution in [2.24, 2.45) is 0 Å². The minimum absolute atomic E-state index is 0.00793. The number of hydrogen-bond acceptors (Lipinski definition) is 8. The molecule has 5 rings (SSSR count). The van der Waals surface area contributed by atoms with E-state index in [1.165, 1.54) is 44.8 Å². The molecular weight excluding hydrogens is 572 g/mol. The first-order chi connectivity index (χ1) is 19.6. The zero-order chi connectivity index (χ0) is 29.4. The van der Waals surface area contributed by atoms with Gasteiger partial charge in [-0.1, -0.05) is 0 Å². The van der Waals surface area contributed by atoms with Crippen LogP contribution in [-0.4, -0.2) is 91.1 Å². The highest BCUT2D eigenvalue weighted by Crippen LogP contribution is 2.33. The number of fused-ring (bicyclic) bond motifs is 2. The number of benzene rings is 2. The average molecular weight is 607 g/mol. The van der Waals surface area contributed by atoms with Crippen LogP contribution in [-0.2, 0) is 42.4 Å². The van der Waals surface area contributed by atoms with Crippen LogP contribution in [0.4, 0.5) is 21.0 Å². The summed E-state index contributed by atoms with van der Waals surface area (Å²) in [6.07, 6.45) is 2.00. The standard InChI is InChI=1S/C27H34N4O8S2/c1-38-26(32)30-14-3-6-20-18-22(8-10-24(20)30)40(34,35)28-12-5-13-29(17-16-28)41(36,37)23-9-11-25-21(19-23)7-4-15-31(25)27(33)39-2/h8-11,18-19H,3-7,12-17H2,1-2H3. The first kappa shape index (κ1) is 29.3. The first-order valence-electron chi connectivity index (χ1n) is 13.5. The molecule has 2 aromatic carbocycles. The van der Waals surface area contributed by atoms with Gasteiger partial charge in [0.15, 0.2) is 0 Å². The Balaban J connectivity index is 1.33. The number of carbonyl (C=O) groups excluding carboxylic acids is 2. The van der Waals surface area contributed by atoms with Crippen molar-refractivity contribution in [3.05, 3.63) is 47.5 Å². The molecule has 0 aliphatic carbocycles. The van der Waals surface area contributed by atoms with Crippen molar-refractivity contribution in [1.29, 1.82) is 0 Å². The van der Waals surface area contributed by atoms with E-state index < -0.39 is 32.2 Å². The number of amides is 2. The molecule has 0 saturated carbocycles. The van der Waals surface area contributed by atoms with Crippen molar-refractivity contribution >= 4 is 43.6 Å². The van der Waals surface area contributed by atoms with Gasteiger partial charge in [-0.25, -0.2) is 26.4 Å². The minimum atomic E-state index is -3.90. The van der Waals surface area contributed by atoms with Gasteiger partial charge in [-0.05, 0) is 79.6 Å². The summed E-state index contributed by atoms with van der Waals surface area (Å²) < 4.78 is 66.8. The molecule has 41 heavy (non-hydrogen) atoms. The second-order valence-electron chi connectivity index (χ2n) is 10.2. The molecule has 0 unspecified atom stereocenters. The number of hydrogen-bond donors (Lipinski definition) is 0. The minimum Gasteiger partial charge on any atom is -0.452 e. The third-order valence-electron chi connectivity index (χ3n) is 7.82. The van der Waals surface area contributed by atoms with E-state index in [-0.39, 0.29) is 36.0 Å². The lowest BCUT2D eigenvalue weighted by molar-refractivity contribution is 0.177. The van der Waals surface area contributed by atoms with E-state index in [4.69, 9.17) is 9.47 Å². The predicted octanol–water partition coefficient (Wildman–Crippen LogP) is 2.81. The van der Waals surface area contributed by atoms with E-state index in [0.29, 0.717) is 56.6 Å². The van der Waals surface area contributed by atoms with Gasteiger partial charge >= 0.3 is 12.2 Å². The summed E-state index contributed by atoms with van der Waals surface area (Å²) in [5.74, 6) is 0. The molecule has 12 nitrogen and oxygen atoms in total. The average Bonchev–Trinajstić information content (AvgIpc) is 3.27. The van der Waals surface area contributed by atoms with Crippen LogP contribution in [0.15, 0.2) is 46.2 Å². The number of nitrogens with zero attached hydrogens (tertiary/aromatic N) is 4. The fraction of sp³-hybridized carbons (Fsp3) is 0.481. The van der Waals surface area contributed by atoms with Crippen LogP contribution in [0.25, 0.3) is 0 Å². The number of sulfonamides is 2. The monoisotopic (exact) mass is 606 g/mol. The van der Waals surface area contributed by atoms with Gasteiger partial charge in [-0.2, -0.15) is 8.61 Å². The van der Waals surface area contributed by atoms with Crippen molar-refractivity contribution in [3.63, 3.8) is 0 Å². The Morgan fingerprint density at radius 2 is 1.02 bits per heavy atom. The number of carbonyl (C=O) groups is 2. The number of rotatable bonds is 4. The highest BCUT2D eigenvalue weighted by molar-refractivity contribution is 7.89. The largest absolute Gasteiger partial charge is 0.452 e. The summed E-state index contributed by atoms with van der Waals surface area (Å²) in [7, 11) is -5.18. The van der Waals surface area contributed by atoms with Gasteiger partial charge in [-0.3, -0.25) is 9.80 Å². The van der Waals surface area contributed by atoms with E-state index in [1.807, 2.05) is 0 Å². The molecule has 3 aliphatic heterocycles. The molecular formula is C27H34N4O8S2. The molecule has 3 heterocycles. The molecule has 0 spiro atoms. The lowest BCUT2D eigenvalue weighted by Crippen LogP contribution is -2.38. The summed E-state index contributed by atoms with van der Waals surface area (Å²) in [6, 6.07) is 9.43. The molecule has 222 valence electrons. The van der Waals surface area contributed by atoms with Crippen LogP contribution in [0.1, 0.15) is 30.4 Å². The molecule has 0 aromatic heterocycles. The quantitative estimate of drug-likeness (QED) is 0.519. The highest BCUT2D eigenvalue weighted by atomic mass is 32.2. The molecule has 2 amide bonds. The topological polar surface area (TPSA) is 134 Å². The number of anilines is 2. The first-order valence-corrected chi connectivity index (χ1v) is 16.4. The SMILES string of the molecule is COC(=O)N1CCCc2cc(S(=O)(=O)N3CCCN(S(=O)(=O)c4ccc5c(c4)CCCN5C(=O)OC)CC3)ccc21. The Morgan fingerprint density at radius 3 is 1.41 bits per heavy atom. The maximum Gasteiger partial charge on any atom is 0.414 e. The lowest BCUT2D eigenvalue weighted by atomic mass is 10.0. The second kappa shape index (κ2) is 11.6. The molecule has 2 aromatic rings. The van der Waals surface area contributed by atoms with E-state index >= 15 is 0 Å². The van der Waals surface area contributed by atoms with Crippen molar-refractivity contribution in [2.45, 2.75) is 41.9 Å². The van der Waals surface area contributed by atoms with Crippen LogP contribution in [0.3, 0.4) is 0 Å². The van der Waals surface area contributed by atoms with Gasteiger partial charge in [-0.15, -0.1) is 0 Å². The van der Waals surface area contributed by atoms with Crippen molar-refractivity contribution < 1.29 is 35.9 Å². The summed E-state index contributed by atoms with van der Waals surface area (Å²) in [5, 5.41) is 0. The van der Waals surface area contributed by atoms with Gasteiger partial charge in [0.2, 0.25) is 20.0 Å². The fourth-order valence-corrected chi connectivity index (χ4v) is 8.76. The number of aryl methyl sites for hydroxylation is 2. The molecule has 1 fully saturated rings. The Hall–Kier alpha value is -3.20. The third-order valence-corrected chi connectivity index (χ3v) is 11.6. The van der Waals surface area contributed by atoms with E-state index in [0.717, 1.165) is 11.1 Å². The summed E-state index contributed by atoms with van der Waals surface area (Å²) in [4.78, 5) is 27.5. The van der Waals surface area contributed by atoms with Gasteiger partial charge in [0, 0.05) is 39.3 Å². The van der Waals surface area contributed by atoms with Gasteiger partial charge in [0.05, 0.1) is 35.4 Å². The zero-order valence-corrected chi connectivity index (χ0v) is 24.7. The maximum atomic E-state index is 13.6. The van der Waals surface area contributed by atoms with Crippen LogP contribution in [0.2, 0.25) is 0 Å². The van der Waals surface area contributed by atoms with Crippen LogP contribution in [0.5, 0.6) is 0 Å². The predicted molar refractivity (Wildman–Crippen MR) is 151 cm³/mol. The van der Waals surface area contributed by atoms with Crippen LogP contribution in [0, 0.1) is 0 Å². The Kier molecular flexibility index (Phi) is 8.28. The second-order valence-corrected chi connectivity index (χ2v) is 14.1. The molecule has 0 radical (unpaired) electrons. The van der Waals surface area contributed by atoms with Crippen molar-refractivity contribution in [1.82, 2.24) is 8.61 Å².